The second kappa shape index (κ2) is 6.91. The van der Waals surface area contributed by atoms with E-state index in [1.54, 1.807) is 0 Å². The minimum Gasteiger partial charge on any atom is -0.393 e. The summed E-state index contributed by atoms with van der Waals surface area (Å²) >= 11 is 11.3. The number of hydrogen-bond acceptors (Lipinski definition) is 3. The molecule has 0 saturated carbocycles. The highest BCUT2D eigenvalue weighted by Crippen LogP contribution is 2.24. The van der Waals surface area contributed by atoms with Crippen molar-refractivity contribution in [1.82, 2.24) is 9.78 Å². The van der Waals surface area contributed by atoms with Gasteiger partial charge >= 0.3 is 0 Å². The zero-order chi connectivity index (χ0) is 15.4. The Morgan fingerprint density at radius 2 is 2.05 bits per heavy atom. The van der Waals surface area contributed by atoms with Crippen molar-refractivity contribution >= 4 is 34.5 Å². The maximum Gasteiger partial charge on any atom is 0.0865 e. The molecule has 2 N–H and O–H groups in total. The lowest BCUT2D eigenvalue weighted by molar-refractivity contribution is 0.678. The fraction of sp³-hybridized carbons (Fsp3) is 0.333. The van der Waals surface area contributed by atoms with E-state index in [4.69, 9.17) is 29.6 Å². The number of aromatic nitrogens is 2. The van der Waals surface area contributed by atoms with E-state index in [0.29, 0.717) is 23.0 Å². The minimum atomic E-state index is 0.517. The van der Waals surface area contributed by atoms with Crippen LogP contribution >= 0.6 is 23.8 Å². The molecule has 0 aliphatic heterocycles. The van der Waals surface area contributed by atoms with Crippen molar-refractivity contribution in [2.45, 2.75) is 19.9 Å². The number of anilines is 1. The molecule has 2 aromatic rings. The molecule has 1 aromatic heterocycles. The van der Waals surface area contributed by atoms with Crippen LogP contribution in [0.1, 0.15) is 17.8 Å². The smallest absolute Gasteiger partial charge is 0.0865 e. The van der Waals surface area contributed by atoms with Crippen molar-refractivity contribution in [3.8, 4) is 0 Å². The second-order valence-electron chi connectivity index (χ2n) is 4.94. The number of nitrogens with zero attached hydrogens (tertiary/aromatic N) is 3. The Labute approximate surface area is 135 Å². The van der Waals surface area contributed by atoms with E-state index >= 15 is 0 Å². The SMILES string of the molecule is Cc1nn(C)c(CN(CCC(N)=S)c2ccccc2)c1Cl. The van der Waals surface area contributed by atoms with Gasteiger partial charge in [-0.25, -0.2) is 0 Å². The zero-order valence-corrected chi connectivity index (χ0v) is 13.8. The van der Waals surface area contributed by atoms with Crippen LogP contribution in [0.25, 0.3) is 0 Å². The molecule has 4 nitrogen and oxygen atoms in total. The Hall–Kier alpha value is -1.59. The van der Waals surface area contributed by atoms with Crippen LogP contribution in [0.3, 0.4) is 0 Å². The average molecular weight is 323 g/mol. The van der Waals surface area contributed by atoms with Gasteiger partial charge in [-0.1, -0.05) is 42.0 Å². The third-order valence-electron chi connectivity index (χ3n) is 3.35. The molecule has 0 aliphatic rings. The Morgan fingerprint density at radius 3 is 2.57 bits per heavy atom. The number of para-hydroxylation sites is 1. The Balaban J connectivity index is 2.25. The molecule has 0 bridgehead atoms. The van der Waals surface area contributed by atoms with Crippen molar-refractivity contribution in [2.75, 3.05) is 11.4 Å². The van der Waals surface area contributed by atoms with Crippen LogP contribution in [-0.2, 0) is 13.6 Å². The van der Waals surface area contributed by atoms with Crippen molar-refractivity contribution < 1.29 is 0 Å². The number of aryl methyl sites for hydroxylation is 2. The zero-order valence-electron chi connectivity index (χ0n) is 12.2. The van der Waals surface area contributed by atoms with E-state index in [1.807, 2.05) is 36.9 Å². The first-order chi connectivity index (χ1) is 9.99. The number of benzene rings is 1. The first-order valence-electron chi connectivity index (χ1n) is 6.75. The van der Waals surface area contributed by atoms with Crippen LogP contribution in [0.5, 0.6) is 0 Å². The van der Waals surface area contributed by atoms with Crippen molar-refractivity contribution in [3.05, 3.63) is 46.7 Å². The fourth-order valence-corrected chi connectivity index (χ4v) is 2.53. The molecule has 0 amide bonds. The maximum atomic E-state index is 6.35. The summed E-state index contributed by atoms with van der Waals surface area (Å²) in [6.45, 7) is 3.33. The molecule has 6 heteroatoms. The summed E-state index contributed by atoms with van der Waals surface area (Å²) in [6.07, 6.45) is 0.665. The highest BCUT2D eigenvalue weighted by molar-refractivity contribution is 7.80. The van der Waals surface area contributed by atoms with Gasteiger partial charge in [-0.3, -0.25) is 4.68 Å². The van der Waals surface area contributed by atoms with Crippen LogP contribution in [0, 0.1) is 6.92 Å². The van der Waals surface area contributed by atoms with E-state index in [1.165, 1.54) is 0 Å². The van der Waals surface area contributed by atoms with Gasteiger partial charge in [-0.2, -0.15) is 5.10 Å². The molecular formula is C15H19ClN4S. The van der Waals surface area contributed by atoms with Crippen molar-refractivity contribution in [2.24, 2.45) is 12.8 Å². The van der Waals surface area contributed by atoms with Gasteiger partial charge in [0.2, 0.25) is 0 Å². The standard InChI is InChI=1S/C15H19ClN4S/c1-11-15(16)13(19(2)18-11)10-20(9-8-14(17)21)12-6-4-3-5-7-12/h3-7H,8-10H2,1-2H3,(H2,17,21). The van der Waals surface area contributed by atoms with Crippen LogP contribution in [0.15, 0.2) is 30.3 Å². The van der Waals surface area contributed by atoms with E-state index in [0.717, 1.165) is 23.6 Å². The molecule has 0 unspecified atom stereocenters. The molecule has 1 heterocycles. The van der Waals surface area contributed by atoms with Crippen LogP contribution in [-0.4, -0.2) is 21.3 Å². The van der Waals surface area contributed by atoms with Gasteiger partial charge in [0.1, 0.15) is 0 Å². The molecular weight excluding hydrogens is 304 g/mol. The van der Waals surface area contributed by atoms with E-state index < -0.39 is 0 Å². The van der Waals surface area contributed by atoms with E-state index in [-0.39, 0.29) is 0 Å². The van der Waals surface area contributed by atoms with Gasteiger partial charge < -0.3 is 10.6 Å². The monoisotopic (exact) mass is 322 g/mol. The Kier molecular flexibility index (Phi) is 5.20. The fourth-order valence-electron chi connectivity index (χ4n) is 2.22. The average Bonchev–Trinajstić information content (AvgIpc) is 2.70. The van der Waals surface area contributed by atoms with E-state index in [2.05, 4.69) is 22.1 Å². The molecule has 0 saturated heterocycles. The summed E-state index contributed by atoms with van der Waals surface area (Å²) in [6, 6.07) is 10.2. The van der Waals surface area contributed by atoms with Crippen LogP contribution in [0.2, 0.25) is 5.02 Å². The topological polar surface area (TPSA) is 47.1 Å². The first-order valence-corrected chi connectivity index (χ1v) is 7.54. The molecule has 112 valence electrons. The molecule has 0 fully saturated rings. The molecule has 0 radical (unpaired) electrons. The predicted octanol–water partition coefficient (Wildman–Crippen LogP) is 3.06. The van der Waals surface area contributed by atoms with Crippen LogP contribution in [0.4, 0.5) is 5.69 Å². The van der Waals surface area contributed by atoms with Gasteiger partial charge in [0, 0.05) is 25.7 Å². The van der Waals surface area contributed by atoms with Crippen molar-refractivity contribution in [1.29, 1.82) is 0 Å². The number of halogens is 1. The number of thiocarbonyl (C=S) groups is 1. The number of rotatable bonds is 6. The summed E-state index contributed by atoms with van der Waals surface area (Å²) in [5.41, 5.74) is 8.58. The highest BCUT2D eigenvalue weighted by atomic mass is 35.5. The number of hydrogen-bond donors (Lipinski definition) is 1. The Morgan fingerprint density at radius 1 is 1.38 bits per heavy atom. The molecule has 0 spiro atoms. The molecule has 21 heavy (non-hydrogen) atoms. The summed E-state index contributed by atoms with van der Waals surface area (Å²) < 4.78 is 1.83. The lowest BCUT2D eigenvalue weighted by atomic mass is 10.2. The largest absolute Gasteiger partial charge is 0.393 e. The number of nitrogens with two attached hydrogens (primary N) is 1. The normalized spacial score (nSPS) is 10.6. The second-order valence-corrected chi connectivity index (χ2v) is 5.85. The van der Waals surface area contributed by atoms with E-state index in [9.17, 15) is 0 Å². The lowest BCUT2D eigenvalue weighted by Crippen LogP contribution is -2.28. The summed E-state index contributed by atoms with van der Waals surface area (Å²) in [5, 5.41) is 5.08. The van der Waals surface area contributed by atoms with Gasteiger partial charge in [-0.05, 0) is 19.1 Å². The molecule has 0 atom stereocenters. The Bertz CT molecular complexity index is 624. The van der Waals surface area contributed by atoms with Gasteiger partial charge in [0.05, 0.1) is 27.9 Å². The molecule has 1 aromatic carbocycles. The first kappa shape index (κ1) is 15.8. The van der Waals surface area contributed by atoms with Gasteiger partial charge in [-0.15, -0.1) is 0 Å². The van der Waals surface area contributed by atoms with Crippen molar-refractivity contribution in [3.63, 3.8) is 0 Å². The van der Waals surface area contributed by atoms with Crippen LogP contribution < -0.4 is 10.6 Å². The summed E-state index contributed by atoms with van der Waals surface area (Å²) in [7, 11) is 1.91. The highest BCUT2D eigenvalue weighted by Gasteiger charge is 2.15. The lowest BCUT2D eigenvalue weighted by Gasteiger charge is -2.25. The maximum absolute atomic E-state index is 6.35. The summed E-state index contributed by atoms with van der Waals surface area (Å²) in [5.74, 6) is 0. The predicted molar refractivity (Wildman–Crippen MR) is 91.8 cm³/mol. The molecule has 0 aliphatic carbocycles. The quantitative estimate of drug-likeness (QED) is 0.830. The third-order valence-corrected chi connectivity index (χ3v) is 4.05. The van der Waals surface area contributed by atoms with Gasteiger partial charge in [0.25, 0.3) is 0 Å². The third kappa shape index (κ3) is 3.95. The summed E-state index contributed by atoms with van der Waals surface area (Å²) in [4.78, 5) is 2.73. The van der Waals surface area contributed by atoms with Gasteiger partial charge in [0.15, 0.2) is 0 Å². The molecule has 2 rings (SSSR count). The minimum absolute atomic E-state index is 0.517.